The number of hydrogen-bond acceptors (Lipinski definition) is 3. The molecule has 2 heterocycles. The summed E-state index contributed by atoms with van der Waals surface area (Å²) in [6.07, 6.45) is 5.20. The Morgan fingerprint density at radius 1 is 1.23 bits per heavy atom. The number of nitrogens with zero attached hydrogens (tertiary/aromatic N) is 2. The van der Waals surface area contributed by atoms with Crippen LogP contribution in [-0.2, 0) is 21.4 Å². The Bertz CT molecular complexity index is 869. The van der Waals surface area contributed by atoms with Gasteiger partial charge in [-0.1, -0.05) is 18.2 Å². The molecular weight excluding hydrogens is 352 g/mol. The Balaban J connectivity index is 1.88. The Morgan fingerprint density at radius 3 is 2.62 bits per heavy atom. The maximum Gasteiger partial charge on any atom is 0.279 e. The number of amides is 1. The molecule has 1 aliphatic heterocycles. The molecule has 26 heavy (non-hydrogen) atoms. The third kappa shape index (κ3) is 4.08. The largest absolute Gasteiger partial charge is 0.361 e. The molecule has 1 aromatic carbocycles. The molecule has 0 saturated carbocycles. The number of para-hydroxylation sites is 1. The molecule has 0 aliphatic carbocycles. The van der Waals surface area contributed by atoms with Crippen LogP contribution in [0.25, 0.3) is 10.9 Å². The molecule has 3 rings (SSSR count). The van der Waals surface area contributed by atoms with Crippen LogP contribution in [0, 0.1) is 0 Å². The van der Waals surface area contributed by atoms with Crippen LogP contribution in [0.2, 0.25) is 0 Å². The molecule has 7 nitrogen and oxygen atoms in total. The van der Waals surface area contributed by atoms with Gasteiger partial charge >= 0.3 is 0 Å². The number of hydrogen-bond donors (Lipinski definition) is 2. The number of aromatic nitrogens is 1. The number of piperidine rings is 1. The molecule has 0 bridgehead atoms. The molecule has 1 aliphatic rings. The van der Waals surface area contributed by atoms with Crippen molar-refractivity contribution in [2.75, 3.05) is 27.2 Å². The highest BCUT2D eigenvalue weighted by molar-refractivity contribution is 7.87. The zero-order valence-electron chi connectivity index (χ0n) is 15.2. The Morgan fingerprint density at radius 2 is 1.92 bits per heavy atom. The number of rotatable bonds is 6. The third-order valence-electron chi connectivity index (χ3n) is 4.84. The first kappa shape index (κ1) is 18.9. The fourth-order valence-electron chi connectivity index (χ4n) is 3.32. The standard InChI is InChI=1S/C18H26N4O3S/c1-21(2)26(24,25)20-17(18(23)22-10-6-3-7-11-22)12-14-13-19-16-9-5-4-8-15(14)16/h4-5,8-9,13,17,19-20H,3,6-7,10-12H2,1-2H3/t17-/m0/s1. The average Bonchev–Trinajstić information content (AvgIpc) is 3.04. The smallest absolute Gasteiger partial charge is 0.279 e. The van der Waals surface area contributed by atoms with Gasteiger partial charge in [0.15, 0.2) is 0 Å². The summed E-state index contributed by atoms with van der Waals surface area (Å²) in [7, 11) is -0.802. The molecule has 1 fully saturated rings. The maximum absolute atomic E-state index is 13.0. The zero-order chi connectivity index (χ0) is 18.7. The summed E-state index contributed by atoms with van der Waals surface area (Å²) in [5.74, 6) is -0.152. The van der Waals surface area contributed by atoms with Gasteiger partial charge in [0.05, 0.1) is 0 Å². The van der Waals surface area contributed by atoms with Crippen LogP contribution in [-0.4, -0.2) is 61.7 Å². The van der Waals surface area contributed by atoms with E-state index in [1.165, 1.54) is 14.1 Å². The Labute approximate surface area is 154 Å². The fourth-order valence-corrected chi connectivity index (χ4v) is 4.07. The summed E-state index contributed by atoms with van der Waals surface area (Å²) >= 11 is 0. The number of carbonyl (C=O) groups is 1. The van der Waals surface area contributed by atoms with E-state index in [-0.39, 0.29) is 5.91 Å². The van der Waals surface area contributed by atoms with Crippen LogP contribution < -0.4 is 4.72 Å². The second-order valence-corrected chi connectivity index (χ2v) is 8.82. The molecule has 2 aromatic rings. The third-order valence-corrected chi connectivity index (χ3v) is 6.38. The first-order valence-corrected chi connectivity index (χ1v) is 10.4. The molecule has 0 unspecified atom stereocenters. The Hall–Kier alpha value is -1.90. The van der Waals surface area contributed by atoms with Crippen molar-refractivity contribution in [1.29, 1.82) is 0 Å². The topological polar surface area (TPSA) is 85.5 Å². The highest BCUT2D eigenvalue weighted by Crippen LogP contribution is 2.20. The monoisotopic (exact) mass is 378 g/mol. The average molecular weight is 378 g/mol. The van der Waals surface area contributed by atoms with E-state index >= 15 is 0 Å². The fraction of sp³-hybridized carbons (Fsp3) is 0.500. The van der Waals surface area contributed by atoms with Gasteiger partial charge in [0, 0.05) is 44.3 Å². The lowest BCUT2D eigenvalue weighted by Gasteiger charge is -2.31. The molecule has 2 N–H and O–H groups in total. The number of aromatic amines is 1. The summed E-state index contributed by atoms with van der Waals surface area (Å²) in [4.78, 5) is 18.0. The van der Waals surface area contributed by atoms with Crippen molar-refractivity contribution in [2.24, 2.45) is 0 Å². The number of carbonyl (C=O) groups excluding carboxylic acids is 1. The molecule has 1 aromatic heterocycles. The number of H-pyrrole nitrogens is 1. The lowest BCUT2D eigenvalue weighted by molar-refractivity contribution is -0.133. The lowest BCUT2D eigenvalue weighted by Crippen LogP contribution is -2.53. The van der Waals surface area contributed by atoms with Gasteiger partial charge in [0.1, 0.15) is 6.04 Å². The van der Waals surface area contributed by atoms with Crippen molar-refractivity contribution in [3.05, 3.63) is 36.0 Å². The van der Waals surface area contributed by atoms with Crippen LogP contribution in [0.15, 0.2) is 30.5 Å². The summed E-state index contributed by atoms with van der Waals surface area (Å²) in [6, 6.07) is 6.99. The number of benzene rings is 1. The first-order valence-electron chi connectivity index (χ1n) is 8.92. The molecule has 1 atom stereocenters. The van der Waals surface area contributed by atoms with E-state index in [1.807, 2.05) is 30.5 Å². The summed E-state index contributed by atoms with van der Waals surface area (Å²) < 4.78 is 28.4. The SMILES string of the molecule is CN(C)S(=O)(=O)N[C@@H](Cc1c[nH]c2ccccc12)C(=O)N1CCCCC1. The van der Waals surface area contributed by atoms with Crippen molar-refractivity contribution in [1.82, 2.24) is 18.9 Å². The minimum atomic E-state index is -3.71. The van der Waals surface area contributed by atoms with Gasteiger partial charge in [-0.05, 0) is 37.3 Å². The molecule has 1 saturated heterocycles. The van der Waals surface area contributed by atoms with E-state index < -0.39 is 16.3 Å². The van der Waals surface area contributed by atoms with Crippen molar-refractivity contribution < 1.29 is 13.2 Å². The normalized spacial score (nSPS) is 17.0. The molecule has 8 heteroatoms. The van der Waals surface area contributed by atoms with Crippen molar-refractivity contribution >= 4 is 27.0 Å². The van der Waals surface area contributed by atoms with Gasteiger partial charge in [-0.15, -0.1) is 0 Å². The summed E-state index contributed by atoms with van der Waals surface area (Å²) in [5.41, 5.74) is 1.90. The number of likely N-dealkylation sites (tertiary alicyclic amines) is 1. The quantitative estimate of drug-likeness (QED) is 0.799. The van der Waals surface area contributed by atoms with E-state index in [9.17, 15) is 13.2 Å². The van der Waals surface area contributed by atoms with Gasteiger partial charge in [-0.2, -0.15) is 17.4 Å². The van der Waals surface area contributed by atoms with Crippen molar-refractivity contribution in [3.8, 4) is 0 Å². The van der Waals surface area contributed by atoms with E-state index in [2.05, 4.69) is 9.71 Å². The molecule has 1 amide bonds. The highest BCUT2D eigenvalue weighted by Gasteiger charge is 2.30. The zero-order valence-corrected chi connectivity index (χ0v) is 16.1. The molecule has 0 radical (unpaired) electrons. The van der Waals surface area contributed by atoms with Crippen molar-refractivity contribution in [2.45, 2.75) is 31.7 Å². The van der Waals surface area contributed by atoms with E-state index in [1.54, 1.807) is 4.90 Å². The van der Waals surface area contributed by atoms with Crippen LogP contribution in [0.4, 0.5) is 0 Å². The van der Waals surface area contributed by atoms with E-state index in [0.717, 1.165) is 40.0 Å². The predicted octanol–water partition coefficient (Wildman–Crippen LogP) is 1.49. The highest BCUT2D eigenvalue weighted by atomic mass is 32.2. The molecule has 142 valence electrons. The van der Waals surface area contributed by atoms with Gasteiger partial charge in [0.2, 0.25) is 5.91 Å². The molecule has 0 spiro atoms. The van der Waals surface area contributed by atoms with Crippen LogP contribution in [0.1, 0.15) is 24.8 Å². The minimum Gasteiger partial charge on any atom is -0.361 e. The second-order valence-electron chi connectivity index (χ2n) is 6.91. The molecular formula is C18H26N4O3S. The van der Waals surface area contributed by atoms with Gasteiger partial charge < -0.3 is 9.88 Å². The summed E-state index contributed by atoms with van der Waals surface area (Å²) in [6.45, 7) is 1.37. The number of nitrogens with one attached hydrogen (secondary N) is 2. The van der Waals surface area contributed by atoms with Crippen LogP contribution in [0.3, 0.4) is 0 Å². The van der Waals surface area contributed by atoms with Gasteiger partial charge in [0.25, 0.3) is 10.2 Å². The first-order chi connectivity index (χ1) is 12.4. The summed E-state index contributed by atoms with van der Waals surface area (Å²) in [5, 5.41) is 1.01. The lowest BCUT2D eigenvalue weighted by atomic mass is 10.0. The van der Waals surface area contributed by atoms with Crippen LogP contribution >= 0.6 is 0 Å². The van der Waals surface area contributed by atoms with Crippen LogP contribution in [0.5, 0.6) is 0 Å². The van der Waals surface area contributed by atoms with E-state index in [4.69, 9.17) is 0 Å². The maximum atomic E-state index is 13.0. The predicted molar refractivity (Wildman–Crippen MR) is 102 cm³/mol. The number of fused-ring (bicyclic) bond motifs is 1. The van der Waals surface area contributed by atoms with Gasteiger partial charge in [-0.25, -0.2) is 0 Å². The van der Waals surface area contributed by atoms with E-state index in [0.29, 0.717) is 19.5 Å². The second kappa shape index (κ2) is 7.77. The van der Waals surface area contributed by atoms with Gasteiger partial charge in [-0.3, -0.25) is 4.79 Å². The minimum absolute atomic E-state index is 0.152. The van der Waals surface area contributed by atoms with Crippen molar-refractivity contribution in [3.63, 3.8) is 0 Å². The Kier molecular flexibility index (Phi) is 5.64.